The van der Waals surface area contributed by atoms with Gasteiger partial charge in [0.15, 0.2) is 5.82 Å². The lowest BCUT2D eigenvalue weighted by Crippen LogP contribution is -2.08. The van der Waals surface area contributed by atoms with Crippen LogP contribution in [-0.4, -0.2) is 28.2 Å². The lowest BCUT2D eigenvalue weighted by molar-refractivity contribution is 0.337. The quantitative estimate of drug-likeness (QED) is 0.915. The molecule has 2 aromatic rings. The van der Waals surface area contributed by atoms with Crippen molar-refractivity contribution in [2.75, 3.05) is 13.1 Å². The summed E-state index contributed by atoms with van der Waals surface area (Å²) in [7, 11) is 0. The van der Waals surface area contributed by atoms with Gasteiger partial charge in [-0.2, -0.15) is 4.98 Å². The molecular formula is C12H16N4OS. The van der Waals surface area contributed by atoms with E-state index in [1.165, 1.54) is 0 Å². The van der Waals surface area contributed by atoms with Crippen LogP contribution in [0.5, 0.6) is 0 Å². The molecule has 0 radical (unpaired) electrons. The zero-order valence-corrected chi connectivity index (χ0v) is 11.3. The van der Waals surface area contributed by atoms with Gasteiger partial charge in [0, 0.05) is 17.6 Å². The highest BCUT2D eigenvalue weighted by Gasteiger charge is 2.29. The van der Waals surface area contributed by atoms with Crippen molar-refractivity contribution in [1.29, 1.82) is 0 Å². The summed E-state index contributed by atoms with van der Waals surface area (Å²) < 4.78 is 5.37. The third-order valence-electron chi connectivity index (χ3n) is 3.29. The lowest BCUT2D eigenvalue weighted by Gasteiger charge is -2.07. The molecule has 1 aliphatic rings. The van der Waals surface area contributed by atoms with E-state index in [4.69, 9.17) is 4.52 Å². The molecule has 1 saturated heterocycles. The van der Waals surface area contributed by atoms with Crippen LogP contribution in [0.4, 0.5) is 0 Å². The topological polar surface area (TPSA) is 63.8 Å². The number of aryl methyl sites for hydroxylation is 1. The summed E-state index contributed by atoms with van der Waals surface area (Å²) in [6.07, 6.45) is 0.663. The Hall–Kier alpha value is -1.27. The second-order valence-corrected chi connectivity index (χ2v) is 5.79. The van der Waals surface area contributed by atoms with E-state index in [1.54, 1.807) is 11.3 Å². The van der Waals surface area contributed by atoms with Crippen molar-refractivity contribution in [1.82, 2.24) is 20.4 Å². The molecule has 1 fully saturated rings. The van der Waals surface area contributed by atoms with Gasteiger partial charge in [-0.1, -0.05) is 12.1 Å². The maximum atomic E-state index is 5.37. The number of nitrogens with one attached hydrogen (secondary N) is 1. The first-order valence-corrected chi connectivity index (χ1v) is 7.04. The minimum absolute atomic E-state index is 0.351. The van der Waals surface area contributed by atoms with E-state index >= 15 is 0 Å². The first-order chi connectivity index (χ1) is 8.72. The predicted octanol–water partition coefficient (Wildman–Crippen LogP) is 1.75. The average molecular weight is 264 g/mol. The zero-order chi connectivity index (χ0) is 12.5. The molecule has 0 amide bonds. The van der Waals surface area contributed by atoms with Gasteiger partial charge in [0.05, 0.1) is 12.3 Å². The Balaban J connectivity index is 1.73. The number of hydrogen-bond donors (Lipinski definition) is 1. The van der Waals surface area contributed by atoms with Crippen molar-refractivity contribution in [2.45, 2.75) is 26.2 Å². The first-order valence-electron chi connectivity index (χ1n) is 6.16. The fourth-order valence-electron chi connectivity index (χ4n) is 2.25. The predicted molar refractivity (Wildman–Crippen MR) is 68.7 cm³/mol. The molecule has 2 atom stereocenters. The summed E-state index contributed by atoms with van der Waals surface area (Å²) in [5.41, 5.74) is 1.05. The molecule has 18 heavy (non-hydrogen) atoms. The number of thiazole rings is 1. The highest BCUT2D eigenvalue weighted by Crippen LogP contribution is 2.26. The minimum atomic E-state index is 0.351. The lowest BCUT2D eigenvalue weighted by atomic mass is 9.98. The van der Waals surface area contributed by atoms with Crippen LogP contribution in [0.1, 0.15) is 35.3 Å². The smallest absolute Gasteiger partial charge is 0.231 e. The van der Waals surface area contributed by atoms with Gasteiger partial charge in [-0.15, -0.1) is 11.3 Å². The van der Waals surface area contributed by atoms with E-state index in [2.05, 4.69) is 27.4 Å². The van der Waals surface area contributed by atoms with Crippen LogP contribution < -0.4 is 5.32 Å². The van der Waals surface area contributed by atoms with Gasteiger partial charge in [0.2, 0.25) is 5.89 Å². The first kappa shape index (κ1) is 11.8. The van der Waals surface area contributed by atoms with Crippen molar-refractivity contribution in [3.05, 3.63) is 27.8 Å². The Bertz CT molecular complexity index is 536. The van der Waals surface area contributed by atoms with Crippen molar-refractivity contribution in [2.24, 2.45) is 5.92 Å². The van der Waals surface area contributed by atoms with Crippen LogP contribution in [-0.2, 0) is 6.42 Å². The Morgan fingerprint density at radius 3 is 3.00 bits per heavy atom. The summed E-state index contributed by atoms with van der Waals surface area (Å²) >= 11 is 1.64. The van der Waals surface area contributed by atoms with E-state index < -0.39 is 0 Å². The van der Waals surface area contributed by atoms with Crippen molar-refractivity contribution in [3.63, 3.8) is 0 Å². The van der Waals surface area contributed by atoms with Crippen LogP contribution in [0.25, 0.3) is 0 Å². The molecular weight excluding hydrogens is 248 g/mol. The van der Waals surface area contributed by atoms with Gasteiger partial charge >= 0.3 is 0 Å². The largest absolute Gasteiger partial charge is 0.339 e. The van der Waals surface area contributed by atoms with Gasteiger partial charge in [-0.3, -0.25) is 0 Å². The molecule has 0 aromatic carbocycles. The number of aromatic nitrogens is 3. The molecule has 96 valence electrons. The molecule has 2 unspecified atom stereocenters. The molecule has 6 heteroatoms. The molecule has 0 saturated carbocycles. The fraction of sp³-hybridized carbons (Fsp3) is 0.583. The molecule has 1 N–H and O–H groups in total. The van der Waals surface area contributed by atoms with Crippen molar-refractivity contribution in [3.8, 4) is 0 Å². The van der Waals surface area contributed by atoms with Crippen LogP contribution in [0.2, 0.25) is 0 Å². The molecule has 5 nitrogen and oxygen atoms in total. The van der Waals surface area contributed by atoms with E-state index in [9.17, 15) is 0 Å². The number of nitrogens with zero attached hydrogens (tertiary/aromatic N) is 3. The highest BCUT2D eigenvalue weighted by atomic mass is 32.1. The van der Waals surface area contributed by atoms with Gasteiger partial charge in [0.1, 0.15) is 5.01 Å². The average Bonchev–Trinajstić information content (AvgIpc) is 3.02. The molecule has 0 aliphatic carbocycles. The fourth-order valence-corrected chi connectivity index (χ4v) is 3.02. The summed E-state index contributed by atoms with van der Waals surface area (Å²) in [5.74, 6) is 2.40. The van der Waals surface area contributed by atoms with Crippen LogP contribution in [0, 0.1) is 12.8 Å². The maximum absolute atomic E-state index is 5.37. The van der Waals surface area contributed by atoms with Gasteiger partial charge in [-0.25, -0.2) is 4.98 Å². The standard InChI is InChI=1S/C12H16N4OS/c1-7-4-13-5-9(7)12-15-10(16-17-12)3-11-14-8(2)6-18-11/h6-7,9,13H,3-5H2,1-2H3. The summed E-state index contributed by atoms with van der Waals surface area (Å²) in [6.45, 7) is 6.15. The molecule has 3 rings (SSSR count). The van der Waals surface area contributed by atoms with Crippen molar-refractivity contribution < 1.29 is 4.52 Å². The Morgan fingerprint density at radius 2 is 2.33 bits per heavy atom. The number of hydrogen-bond acceptors (Lipinski definition) is 6. The third-order valence-corrected chi connectivity index (χ3v) is 4.26. The summed E-state index contributed by atoms with van der Waals surface area (Å²) in [5, 5.41) is 10.5. The van der Waals surface area contributed by atoms with E-state index in [-0.39, 0.29) is 0 Å². The van der Waals surface area contributed by atoms with Gasteiger partial charge < -0.3 is 9.84 Å². The molecule has 0 spiro atoms. The third kappa shape index (κ3) is 2.30. The Morgan fingerprint density at radius 1 is 1.44 bits per heavy atom. The second kappa shape index (κ2) is 4.78. The Labute approximate surface area is 110 Å². The number of rotatable bonds is 3. The van der Waals surface area contributed by atoms with Crippen LogP contribution >= 0.6 is 11.3 Å². The SMILES string of the molecule is Cc1csc(Cc2noc(C3CNCC3C)n2)n1. The molecule has 0 bridgehead atoms. The minimum Gasteiger partial charge on any atom is -0.339 e. The second-order valence-electron chi connectivity index (χ2n) is 4.85. The maximum Gasteiger partial charge on any atom is 0.231 e. The van der Waals surface area contributed by atoms with E-state index in [1.807, 2.05) is 12.3 Å². The highest BCUT2D eigenvalue weighted by molar-refractivity contribution is 7.09. The molecule has 1 aliphatic heterocycles. The van der Waals surface area contributed by atoms with Gasteiger partial charge in [-0.05, 0) is 19.4 Å². The van der Waals surface area contributed by atoms with Crippen molar-refractivity contribution >= 4 is 11.3 Å². The van der Waals surface area contributed by atoms with Crippen LogP contribution in [0.3, 0.4) is 0 Å². The van der Waals surface area contributed by atoms with E-state index in [0.29, 0.717) is 18.3 Å². The van der Waals surface area contributed by atoms with E-state index in [0.717, 1.165) is 35.5 Å². The monoisotopic (exact) mass is 264 g/mol. The van der Waals surface area contributed by atoms with Gasteiger partial charge in [0.25, 0.3) is 0 Å². The normalized spacial score (nSPS) is 23.7. The van der Waals surface area contributed by atoms with Crippen LogP contribution in [0.15, 0.2) is 9.90 Å². The summed E-state index contributed by atoms with van der Waals surface area (Å²) in [6, 6.07) is 0. The Kier molecular flexibility index (Phi) is 3.13. The molecule has 3 heterocycles. The zero-order valence-electron chi connectivity index (χ0n) is 10.5. The summed E-state index contributed by atoms with van der Waals surface area (Å²) in [4.78, 5) is 8.91. The molecule has 2 aromatic heterocycles.